The lowest BCUT2D eigenvalue weighted by Gasteiger charge is -2.30. The molecule has 0 aliphatic heterocycles. The molecule has 2 atom stereocenters. The maximum Gasteiger partial charge on any atom is 0.124 e. The third kappa shape index (κ3) is 2.54. The standard InChI is InChI=1S/C17H18ClNO/c1-11(19)16-9-14(18)6-7-17(16)20-10-13-8-12-4-2-3-5-15(12)13/h2-7,9,11,13H,8,10,19H2,1H3. The van der Waals surface area contributed by atoms with Gasteiger partial charge in [0.1, 0.15) is 5.75 Å². The van der Waals surface area contributed by atoms with Gasteiger partial charge in [-0.05, 0) is 42.7 Å². The molecule has 0 radical (unpaired) electrons. The second-order valence-electron chi connectivity index (χ2n) is 5.38. The van der Waals surface area contributed by atoms with Crippen LogP contribution in [-0.4, -0.2) is 6.61 Å². The summed E-state index contributed by atoms with van der Waals surface area (Å²) in [6.45, 7) is 2.63. The van der Waals surface area contributed by atoms with Gasteiger partial charge < -0.3 is 10.5 Å². The first-order valence-electron chi connectivity index (χ1n) is 6.91. The first-order chi connectivity index (χ1) is 9.65. The Morgan fingerprint density at radius 1 is 1.30 bits per heavy atom. The van der Waals surface area contributed by atoms with E-state index in [1.54, 1.807) is 0 Å². The lowest BCUT2D eigenvalue weighted by molar-refractivity contribution is 0.272. The van der Waals surface area contributed by atoms with E-state index in [2.05, 4.69) is 24.3 Å². The first kappa shape index (κ1) is 13.5. The van der Waals surface area contributed by atoms with E-state index in [4.69, 9.17) is 22.1 Å². The van der Waals surface area contributed by atoms with E-state index >= 15 is 0 Å². The van der Waals surface area contributed by atoms with Crippen molar-refractivity contribution >= 4 is 11.6 Å². The molecule has 2 aromatic rings. The zero-order chi connectivity index (χ0) is 14.1. The van der Waals surface area contributed by atoms with Gasteiger partial charge in [-0.3, -0.25) is 0 Å². The highest BCUT2D eigenvalue weighted by Gasteiger charge is 2.26. The maximum absolute atomic E-state index is 6.02. The van der Waals surface area contributed by atoms with Crippen molar-refractivity contribution in [1.82, 2.24) is 0 Å². The summed E-state index contributed by atoms with van der Waals surface area (Å²) in [6.07, 6.45) is 1.09. The number of halogens is 1. The lowest BCUT2D eigenvalue weighted by atomic mass is 9.78. The predicted octanol–water partition coefficient (Wildman–Crippen LogP) is 4.08. The fourth-order valence-electron chi connectivity index (χ4n) is 2.71. The Morgan fingerprint density at radius 3 is 2.85 bits per heavy atom. The van der Waals surface area contributed by atoms with Crippen LogP contribution in [0.3, 0.4) is 0 Å². The summed E-state index contributed by atoms with van der Waals surface area (Å²) in [4.78, 5) is 0. The molecule has 20 heavy (non-hydrogen) atoms. The van der Waals surface area contributed by atoms with Gasteiger partial charge in [0.25, 0.3) is 0 Å². The Morgan fingerprint density at radius 2 is 2.10 bits per heavy atom. The van der Waals surface area contributed by atoms with E-state index in [9.17, 15) is 0 Å². The molecule has 3 heteroatoms. The fourth-order valence-corrected chi connectivity index (χ4v) is 2.89. The van der Waals surface area contributed by atoms with E-state index < -0.39 is 0 Å². The van der Waals surface area contributed by atoms with Gasteiger partial charge in [-0.15, -0.1) is 0 Å². The molecule has 1 aliphatic rings. The van der Waals surface area contributed by atoms with E-state index in [1.165, 1.54) is 11.1 Å². The number of hydrogen-bond donors (Lipinski definition) is 1. The van der Waals surface area contributed by atoms with Crippen molar-refractivity contribution in [3.63, 3.8) is 0 Å². The minimum absolute atomic E-state index is 0.0858. The number of ether oxygens (including phenoxy) is 1. The predicted molar refractivity (Wildman–Crippen MR) is 82.4 cm³/mol. The lowest BCUT2D eigenvalue weighted by Crippen LogP contribution is -2.23. The third-order valence-electron chi connectivity index (χ3n) is 3.86. The molecule has 2 unspecified atom stereocenters. The fraction of sp³-hybridized carbons (Fsp3) is 0.294. The Bertz CT molecular complexity index is 624. The van der Waals surface area contributed by atoms with E-state index in [0.717, 1.165) is 17.7 Å². The molecule has 0 amide bonds. The van der Waals surface area contributed by atoms with Crippen LogP contribution in [0.4, 0.5) is 0 Å². The summed E-state index contributed by atoms with van der Waals surface area (Å²) in [6, 6.07) is 14.1. The highest BCUT2D eigenvalue weighted by atomic mass is 35.5. The molecule has 2 nitrogen and oxygen atoms in total. The molecule has 2 N–H and O–H groups in total. The van der Waals surface area contributed by atoms with Crippen molar-refractivity contribution in [3.05, 3.63) is 64.2 Å². The Hall–Kier alpha value is -1.51. The number of nitrogens with two attached hydrogens (primary N) is 1. The van der Waals surface area contributed by atoms with Gasteiger partial charge in [0.2, 0.25) is 0 Å². The number of fused-ring (bicyclic) bond motifs is 1. The second-order valence-corrected chi connectivity index (χ2v) is 5.82. The summed E-state index contributed by atoms with van der Waals surface area (Å²) >= 11 is 6.02. The van der Waals surface area contributed by atoms with Crippen molar-refractivity contribution in [3.8, 4) is 5.75 Å². The van der Waals surface area contributed by atoms with Crippen LogP contribution in [0.25, 0.3) is 0 Å². The molecular weight excluding hydrogens is 270 g/mol. The Labute approximate surface area is 124 Å². The van der Waals surface area contributed by atoms with Gasteiger partial charge in [0, 0.05) is 22.5 Å². The molecule has 2 aromatic carbocycles. The third-order valence-corrected chi connectivity index (χ3v) is 4.10. The largest absolute Gasteiger partial charge is 0.493 e. The van der Waals surface area contributed by atoms with Crippen LogP contribution in [0.2, 0.25) is 5.02 Å². The monoisotopic (exact) mass is 287 g/mol. The van der Waals surface area contributed by atoms with Crippen molar-refractivity contribution in [2.45, 2.75) is 25.3 Å². The van der Waals surface area contributed by atoms with Crippen LogP contribution >= 0.6 is 11.6 Å². The van der Waals surface area contributed by atoms with Crippen LogP contribution in [0, 0.1) is 0 Å². The smallest absolute Gasteiger partial charge is 0.124 e. The molecule has 0 heterocycles. The minimum Gasteiger partial charge on any atom is -0.493 e. The summed E-state index contributed by atoms with van der Waals surface area (Å²) in [5.41, 5.74) is 9.78. The molecular formula is C17H18ClNO. The quantitative estimate of drug-likeness (QED) is 0.920. The van der Waals surface area contributed by atoms with Gasteiger partial charge in [-0.2, -0.15) is 0 Å². The van der Waals surface area contributed by atoms with Gasteiger partial charge >= 0.3 is 0 Å². The summed E-state index contributed by atoms with van der Waals surface area (Å²) in [5.74, 6) is 1.33. The van der Waals surface area contributed by atoms with Crippen LogP contribution in [0.1, 0.15) is 35.6 Å². The maximum atomic E-state index is 6.02. The first-order valence-corrected chi connectivity index (χ1v) is 7.28. The Balaban J connectivity index is 1.71. The summed E-state index contributed by atoms with van der Waals surface area (Å²) < 4.78 is 5.98. The van der Waals surface area contributed by atoms with Gasteiger partial charge in [0.15, 0.2) is 0 Å². The SMILES string of the molecule is CC(N)c1cc(Cl)ccc1OCC1Cc2ccccc21. The Kier molecular flexibility index (Phi) is 3.68. The normalized spacial score (nSPS) is 18.1. The highest BCUT2D eigenvalue weighted by Crippen LogP contribution is 2.36. The molecule has 0 saturated carbocycles. The van der Waals surface area contributed by atoms with Gasteiger partial charge in [0.05, 0.1) is 6.61 Å². The van der Waals surface area contributed by atoms with Crippen LogP contribution in [0.5, 0.6) is 5.75 Å². The van der Waals surface area contributed by atoms with Crippen molar-refractivity contribution in [1.29, 1.82) is 0 Å². The zero-order valence-corrected chi connectivity index (χ0v) is 12.2. The molecule has 0 saturated heterocycles. The van der Waals surface area contributed by atoms with Crippen molar-refractivity contribution < 1.29 is 4.74 Å². The summed E-state index contributed by atoms with van der Waals surface area (Å²) in [7, 11) is 0. The molecule has 1 aliphatic carbocycles. The van der Waals surface area contributed by atoms with E-state index in [1.807, 2.05) is 25.1 Å². The average molecular weight is 288 g/mol. The van der Waals surface area contributed by atoms with Crippen LogP contribution < -0.4 is 10.5 Å². The summed E-state index contributed by atoms with van der Waals surface area (Å²) in [5, 5.41) is 0.693. The van der Waals surface area contributed by atoms with Crippen LogP contribution in [-0.2, 0) is 6.42 Å². The van der Waals surface area contributed by atoms with E-state index in [-0.39, 0.29) is 6.04 Å². The molecule has 0 aromatic heterocycles. The van der Waals surface area contributed by atoms with Crippen molar-refractivity contribution in [2.24, 2.45) is 5.73 Å². The molecule has 104 valence electrons. The van der Waals surface area contributed by atoms with Gasteiger partial charge in [-0.1, -0.05) is 35.9 Å². The average Bonchev–Trinajstić information content (AvgIpc) is 2.41. The topological polar surface area (TPSA) is 35.2 Å². The number of rotatable bonds is 4. The number of benzene rings is 2. The molecule has 0 spiro atoms. The second kappa shape index (κ2) is 5.47. The van der Waals surface area contributed by atoms with Gasteiger partial charge in [-0.25, -0.2) is 0 Å². The van der Waals surface area contributed by atoms with Crippen LogP contribution in [0.15, 0.2) is 42.5 Å². The van der Waals surface area contributed by atoms with E-state index in [0.29, 0.717) is 17.5 Å². The zero-order valence-electron chi connectivity index (χ0n) is 11.5. The molecule has 0 bridgehead atoms. The molecule has 3 rings (SSSR count). The van der Waals surface area contributed by atoms with Crippen molar-refractivity contribution in [2.75, 3.05) is 6.61 Å². The number of hydrogen-bond acceptors (Lipinski definition) is 2. The highest BCUT2D eigenvalue weighted by molar-refractivity contribution is 6.30. The minimum atomic E-state index is -0.0858. The molecule has 0 fully saturated rings.